The van der Waals surface area contributed by atoms with Gasteiger partial charge in [-0.05, 0) is 82.0 Å². The molecular weight excluding hydrogens is 418 g/mol. The average Bonchev–Trinajstić information content (AvgIpc) is 3.05. The molecule has 0 bridgehead atoms. The van der Waals surface area contributed by atoms with Gasteiger partial charge < -0.3 is 20.7 Å². The summed E-state index contributed by atoms with van der Waals surface area (Å²) in [5, 5.41) is 3.51. The van der Waals surface area contributed by atoms with Crippen LogP contribution in [-0.2, 0) is 11.2 Å². The molecule has 1 amide bonds. The number of thiocarbonyl (C=S) groups is 1. The number of carbonyl (C=O) groups is 1. The summed E-state index contributed by atoms with van der Waals surface area (Å²) >= 11 is 5.33. The van der Waals surface area contributed by atoms with Crippen LogP contribution in [-0.4, -0.2) is 35.6 Å². The van der Waals surface area contributed by atoms with Crippen LogP contribution >= 0.6 is 12.2 Å². The van der Waals surface area contributed by atoms with Crippen molar-refractivity contribution < 1.29 is 9.53 Å². The van der Waals surface area contributed by atoms with Gasteiger partial charge in [-0.1, -0.05) is 51.1 Å². The summed E-state index contributed by atoms with van der Waals surface area (Å²) in [6, 6.07) is 8.09. The monoisotopic (exact) mass is 459 g/mol. The predicted octanol–water partition coefficient (Wildman–Crippen LogP) is 5.36. The van der Waals surface area contributed by atoms with Crippen molar-refractivity contribution in [1.29, 1.82) is 0 Å². The number of hydrogen-bond donors (Lipinski definition) is 2. The van der Waals surface area contributed by atoms with Gasteiger partial charge in [-0.3, -0.25) is 4.79 Å². The predicted molar refractivity (Wildman–Crippen MR) is 139 cm³/mol. The van der Waals surface area contributed by atoms with Crippen LogP contribution in [0.15, 0.2) is 48.2 Å². The topological polar surface area (TPSA) is 67.6 Å². The highest BCUT2D eigenvalue weighted by molar-refractivity contribution is 7.80. The highest BCUT2D eigenvalue weighted by atomic mass is 32.1. The lowest BCUT2D eigenvalue weighted by molar-refractivity contribution is -0.122. The molecule has 178 valence electrons. The van der Waals surface area contributed by atoms with Crippen LogP contribution in [0.5, 0.6) is 5.75 Å². The summed E-state index contributed by atoms with van der Waals surface area (Å²) in [5.41, 5.74) is 7.75. The first-order valence-corrected chi connectivity index (χ1v) is 12.3. The molecule has 1 aromatic carbocycles. The third-order valence-electron chi connectivity index (χ3n) is 5.42. The number of nitrogens with one attached hydrogen (secondary N) is 1. The van der Waals surface area contributed by atoms with Crippen molar-refractivity contribution in [2.24, 2.45) is 11.7 Å². The van der Waals surface area contributed by atoms with Crippen LogP contribution in [0.25, 0.3) is 0 Å². The number of amides is 1. The van der Waals surface area contributed by atoms with Crippen molar-refractivity contribution in [3.63, 3.8) is 0 Å². The maximum atomic E-state index is 11.4. The zero-order valence-corrected chi connectivity index (χ0v) is 21.0. The van der Waals surface area contributed by atoms with E-state index in [4.69, 9.17) is 22.7 Å². The number of hydrogen-bond acceptors (Lipinski definition) is 4. The molecule has 0 saturated carbocycles. The van der Waals surface area contributed by atoms with Gasteiger partial charge in [0, 0.05) is 24.6 Å². The van der Waals surface area contributed by atoms with E-state index in [0.717, 1.165) is 69.6 Å². The van der Waals surface area contributed by atoms with Gasteiger partial charge in [0.25, 0.3) is 5.17 Å². The maximum absolute atomic E-state index is 11.4. The second-order valence-corrected chi connectivity index (χ2v) is 8.05. The smallest absolute Gasteiger partial charge is 0.266 e. The summed E-state index contributed by atoms with van der Waals surface area (Å²) in [7, 11) is 0. The first kappa shape index (κ1) is 27.9. The molecule has 1 aliphatic rings. The van der Waals surface area contributed by atoms with E-state index in [1.807, 2.05) is 39.0 Å². The fourth-order valence-electron chi connectivity index (χ4n) is 3.56. The Bertz CT molecular complexity index is 744. The Kier molecular flexibility index (Phi) is 14.3. The summed E-state index contributed by atoms with van der Waals surface area (Å²) < 4.78 is 5.75. The van der Waals surface area contributed by atoms with Gasteiger partial charge in [0.15, 0.2) is 0 Å². The summed E-state index contributed by atoms with van der Waals surface area (Å²) in [6.45, 7) is 11.1. The fraction of sp³-hybridized carbons (Fsp3) is 0.538. The molecule has 1 saturated heterocycles. The van der Waals surface area contributed by atoms with E-state index in [1.54, 1.807) is 0 Å². The normalized spacial score (nSPS) is 17.2. The van der Waals surface area contributed by atoms with E-state index >= 15 is 0 Å². The molecule has 1 heterocycles. The summed E-state index contributed by atoms with van der Waals surface area (Å²) in [5.74, 6) is 0.614. The standard InChI is InChI=1S/C24H35N3O2S.C2H6/c1-3-5-6-9-21(4-2)26-24(30)29-22-12-10-19(11-13-22)14-17-27-16-7-8-20(15-18-27)23(25)28;1-2/h4-6,10-13,20H,3,7-9,14-18H2,1-2H3,(H2,25,28)(H,26,30);1-2H3/b6-5-,21-4+;. The van der Waals surface area contributed by atoms with Gasteiger partial charge in [-0.15, -0.1) is 0 Å². The molecule has 1 aromatic rings. The second-order valence-electron chi connectivity index (χ2n) is 7.68. The Morgan fingerprint density at radius 3 is 2.56 bits per heavy atom. The van der Waals surface area contributed by atoms with Crippen molar-refractivity contribution in [2.45, 2.75) is 66.2 Å². The number of nitrogens with two attached hydrogens (primary N) is 1. The third-order valence-corrected chi connectivity index (χ3v) is 5.61. The Morgan fingerprint density at radius 2 is 1.94 bits per heavy atom. The first-order valence-electron chi connectivity index (χ1n) is 11.9. The van der Waals surface area contributed by atoms with Crippen LogP contribution in [0.4, 0.5) is 0 Å². The minimum atomic E-state index is -0.154. The van der Waals surface area contributed by atoms with E-state index in [0.29, 0.717) is 5.17 Å². The number of primary amides is 1. The lowest BCUT2D eigenvalue weighted by atomic mass is 10.0. The van der Waals surface area contributed by atoms with Gasteiger partial charge in [0.05, 0.1) is 0 Å². The number of benzene rings is 1. The number of carbonyl (C=O) groups excluding carboxylic acids is 1. The molecule has 1 atom stereocenters. The van der Waals surface area contributed by atoms with E-state index in [2.05, 4.69) is 41.4 Å². The largest absolute Gasteiger partial charge is 0.432 e. The number of allylic oxidation sites excluding steroid dienone is 3. The highest BCUT2D eigenvalue weighted by Gasteiger charge is 2.20. The van der Waals surface area contributed by atoms with Crippen LogP contribution < -0.4 is 15.8 Å². The molecule has 0 radical (unpaired) electrons. The van der Waals surface area contributed by atoms with Crippen molar-refractivity contribution in [1.82, 2.24) is 10.2 Å². The molecule has 2 rings (SSSR count). The first-order chi connectivity index (χ1) is 15.5. The third kappa shape index (κ3) is 10.9. The zero-order valence-electron chi connectivity index (χ0n) is 20.2. The molecule has 5 nitrogen and oxygen atoms in total. The molecule has 0 spiro atoms. The van der Waals surface area contributed by atoms with Gasteiger partial charge >= 0.3 is 0 Å². The minimum absolute atomic E-state index is 0.0367. The van der Waals surface area contributed by atoms with Crippen molar-refractivity contribution in [3.8, 4) is 5.75 Å². The number of nitrogens with zero attached hydrogens (tertiary/aromatic N) is 1. The SMILES string of the molecule is C/C=C(\C/C=C\CC)NC(=S)Oc1ccc(CCN2CCCC(C(N)=O)CC2)cc1.CC. The molecule has 1 unspecified atom stereocenters. The van der Waals surface area contributed by atoms with E-state index < -0.39 is 0 Å². The average molecular weight is 460 g/mol. The van der Waals surface area contributed by atoms with E-state index in [9.17, 15) is 4.79 Å². The van der Waals surface area contributed by atoms with E-state index in [1.165, 1.54) is 5.56 Å². The quantitative estimate of drug-likeness (QED) is 0.384. The highest BCUT2D eigenvalue weighted by Crippen LogP contribution is 2.18. The lowest BCUT2D eigenvalue weighted by Crippen LogP contribution is -2.28. The Balaban J connectivity index is 0.00000249. The Hall–Kier alpha value is -2.18. The van der Waals surface area contributed by atoms with Gasteiger partial charge in [-0.2, -0.15) is 0 Å². The van der Waals surface area contributed by atoms with Crippen molar-refractivity contribution in [3.05, 3.63) is 53.8 Å². The summed E-state index contributed by atoms with van der Waals surface area (Å²) in [6.07, 6.45) is 11.9. The Morgan fingerprint density at radius 1 is 1.22 bits per heavy atom. The molecule has 32 heavy (non-hydrogen) atoms. The molecule has 0 aromatic heterocycles. The number of ether oxygens (including phenoxy) is 1. The minimum Gasteiger partial charge on any atom is -0.432 e. The lowest BCUT2D eigenvalue weighted by Gasteiger charge is -2.20. The second kappa shape index (κ2) is 16.5. The molecular formula is C26H41N3O2S. The van der Waals surface area contributed by atoms with Crippen molar-refractivity contribution in [2.75, 3.05) is 19.6 Å². The van der Waals surface area contributed by atoms with E-state index in [-0.39, 0.29) is 11.8 Å². The zero-order chi connectivity index (χ0) is 23.8. The van der Waals surface area contributed by atoms with Gasteiger partial charge in [0.1, 0.15) is 5.75 Å². The maximum Gasteiger partial charge on any atom is 0.266 e. The van der Waals surface area contributed by atoms with Gasteiger partial charge in [-0.25, -0.2) is 0 Å². The molecule has 3 N–H and O–H groups in total. The summed E-state index contributed by atoms with van der Waals surface area (Å²) in [4.78, 5) is 13.8. The molecule has 0 aliphatic carbocycles. The molecule has 1 fully saturated rings. The van der Waals surface area contributed by atoms with Crippen LogP contribution in [0, 0.1) is 5.92 Å². The van der Waals surface area contributed by atoms with Crippen LogP contribution in [0.1, 0.15) is 65.4 Å². The van der Waals surface area contributed by atoms with Crippen LogP contribution in [0.2, 0.25) is 0 Å². The Labute approximate surface area is 200 Å². The van der Waals surface area contributed by atoms with Crippen LogP contribution in [0.3, 0.4) is 0 Å². The fourth-order valence-corrected chi connectivity index (χ4v) is 3.78. The molecule has 1 aliphatic heterocycles. The van der Waals surface area contributed by atoms with Gasteiger partial charge in [0.2, 0.25) is 5.91 Å². The van der Waals surface area contributed by atoms with Crippen molar-refractivity contribution >= 4 is 23.3 Å². The molecule has 6 heteroatoms. The number of likely N-dealkylation sites (tertiary alicyclic amines) is 1. The number of rotatable bonds is 9.